The van der Waals surface area contributed by atoms with E-state index in [1.165, 1.54) is 34.6 Å². The lowest BCUT2D eigenvalue weighted by Crippen LogP contribution is -2.48. The summed E-state index contributed by atoms with van der Waals surface area (Å²) in [4.78, 5) is 12.4. The number of aryl methyl sites for hydroxylation is 1. The van der Waals surface area contributed by atoms with Crippen LogP contribution in [0.3, 0.4) is 0 Å². The van der Waals surface area contributed by atoms with Crippen molar-refractivity contribution in [2.75, 3.05) is 18.4 Å². The van der Waals surface area contributed by atoms with Crippen LogP contribution >= 0.6 is 11.6 Å². The fraction of sp³-hybridized carbons (Fsp3) is 0.350. The molecule has 0 bridgehead atoms. The Balaban J connectivity index is 1.91. The number of sulfonamides is 1. The standard InChI is InChI=1S/C20H22ClFN2O4S/c1-12-4-7-17(22)18(8-12)23-20(25)15-5-6-16(21)19(9-15)29(26,27)24-10-13(2)28-14(3)11-24/h4-9,13-14H,10-11H2,1-3H3,(H,23,25). The summed E-state index contributed by atoms with van der Waals surface area (Å²) < 4.78 is 47.1. The van der Waals surface area contributed by atoms with Gasteiger partial charge in [-0.05, 0) is 56.7 Å². The van der Waals surface area contributed by atoms with Crippen molar-refractivity contribution in [2.24, 2.45) is 0 Å². The molecule has 1 aliphatic heterocycles. The van der Waals surface area contributed by atoms with Gasteiger partial charge in [-0.15, -0.1) is 0 Å². The number of benzene rings is 2. The molecule has 2 unspecified atom stereocenters. The van der Waals surface area contributed by atoms with Crippen LogP contribution in [0, 0.1) is 12.7 Å². The first-order valence-electron chi connectivity index (χ1n) is 9.10. The molecule has 6 nitrogen and oxygen atoms in total. The largest absolute Gasteiger partial charge is 0.373 e. The molecule has 9 heteroatoms. The van der Waals surface area contributed by atoms with Crippen LogP contribution in [0.25, 0.3) is 0 Å². The van der Waals surface area contributed by atoms with E-state index in [2.05, 4.69) is 5.32 Å². The predicted molar refractivity (Wildman–Crippen MR) is 109 cm³/mol. The molecular formula is C20H22ClFN2O4S. The average molecular weight is 441 g/mol. The van der Waals surface area contributed by atoms with E-state index in [9.17, 15) is 17.6 Å². The summed E-state index contributed by atoms with van der Waals surface area (Å²) >= 11 is 6.15. The van der Waals surface area contributed by atoms with Crippen LogP contribution in [0.1, 0.15) is 29.8 Å². The van der Waals surface area contributed by atoms with Crippen molar-refractivity contribution in [3.63, 3.8) is 0 Å². The van der Waals surface area contributed by atoms with Crippen LogP contribution in [0.15, 0.2) is 41.3 Å². The Morgan fingerprint density at radius 1 is 1.17 bits per heavy atom. The minimum atomic E-state index is -3.93. The molecule has 0 aromatic heterocycles. The Kier molecular flexibility index (Phi) is 6.28. The summed E-state index contributed by atoms with van der Waals surface area (Å²) in [6.07, 6.45) is -0.522. The summed E-state index contributed by atoms with van der Waals surface area (Å²) in [5.74, 6) is -1.21. The van der Waals surface area contributed by atoms with Crippen LogP contribution in [0.4, 0.5) is 10.1 Å². The molecule has 2 aromatic rings. The Hall–Kier alpha value is -2.00. The normalized spacial score (nSPS) is 20.4. The lowest BCUT2D eigenvalue weighted by molar-refractivity contribution is -0.0440. The lowest BCUT2D eigenvalue weighted by Gasteiger charge is -2.34. The summed E-state index contributed by atoms with van der Waals surface area (Å²) in [7, 11) is -3.93. The smallest absolute Gasteiger partial charge is 0.255 e. The zero-order valence-electron chi connectivity index (χ0n) is 16.3. The van der Waals surface area contributed by atoms with E-state index in [4.69, 9.17) is 16.3 Å². The van der Waals surface area contributed by atoms with Gasteiger partial charge >= 0.3 is 0 Å². The maximum atomic E-state index is 13.9. The number of rotatable bonds is 4. The number of anilines is 1. The molecule has 0 aliphatic carbocycles. The SMILES string of the molecule is Cc1ccc(F)c(NC(=O)c2ccc(Cl)c(S(=O)(=O)N3CC(C)OC(C)C3)c2)c1. The van der Waals surface area contributed by atoms with Crippen LogP contribution in [0.5, 0.6) is 0 Å². The quantitative estimate of drug-likeness (QED) is 0.783. The van der Waals surface area contributed by atoms with Gasteiger partial charge in [0.1, 0.15) is 10.7 Å². The first-order chi connectivity index (χ1) is 13.6. The Labute approximate surface area is 174 Å². The molecule has 1 aliphatic rings. The van der Waals surface area contributed by atoms with Crippen LogP contribution in [0.2, 0.25) is 5.02 Å². The maximum absolute atomic E-state index is 13.9. The number of hydrogen-bond acceptors (Lipinski definition) is 4. The zero-order chi connectivity index (χ0) is 21.3. The van der Waals surface area contributed by atoms with E-state index in [1.54, 1.807) is 26.8 Å². The highest BCUT2D eigenvalue weighted by atomic mass is 35.5. The molecule has 156 valence electrons. The van der Waals surface area contributed by atoms with Crippen LogP contribution in [-0.2, 0) is 14.8 Å². The third-order valence-electron chi connectivity index (χ3n) is 4.57. The van der Waals surface area contributed by atoms with Gasteiger partial charge in [-0.25, -0.2) is 12.8 Å². The van der Waals surface area contributed by atoms with Gasteiger partial charge in [0.25, 0.3) is 5.91 Å². The number of morpholine rings is 1. The van der Waals surface area contributed by atoms with Gasteiger partial charge in [-0.3, -0.25) is 4.79 Å². The summed E-state index contributed by atoms with van der Waals surface area (Å²) in [5, 5.41) is 2.48. The average Bonchev–Trinajstić information content (AvgIpc) is 2.64. The fourth-order valence-electron chi connectivity index (χ4n) is 3.24. The number of carbonyl (C=O) groups is 1. The number of nitrogens with one attached hydrogen (secondary N) is 1. The zero-order valence-corrected chi connectivity index (χ0v) is 17.8. The number of ether oxygens (including phenoxy) is 1. The van der Waals surface area contributed by atoms with E-state index in [0.717, 1.165) is 5.56 Å². The number of amides is 1. The van der Waals surface area contributed by atoms with E-state index in [-0.39, 0.29) is 46.5 Å². The summed E-state index contributed by atoms with van der Waals surface area (Å²) in [6.45, 7) is 5.73. The van der Waals surface area contributed by atoms with Crippen molar-refractivity contribution >= 4 is 33.2 Å². The van der Waals surface area contributed by atoms with Gasteiger partial charge in [0.05, 0.1) is 22.9 Å². The molecule has 0 radical (unpaired) electrons. The van der Waals surface area contributed by atoms with E-state index < -0.39 is 21.7 Å². The number of hydrogen-bond donors (Lipinski definition) is 1. The second-order valence-corrected chi connectivity index (χ2v) is 9.48. The molecule has 1 N–H and O–H groups in total. The molecule has 3 rings (SSSR count). The van der Waals surface area contributed by atoms with Gasteiger partial charge < -0.3 is 10.1 Å². The molecule has 29 heavy (non-hydrogen) atoms. The minimum absolute atomic E-state index is 0.00934. The van der Waals surface area contributed by atoms with E-state index >= 15 is 0 Å². The Morgan fingerprint density at radius 3 is 2.48 bits per heavy atom. The molecule has 2 aromatic carbocycles. The molecule has 1 amide bonds. The molecule has 0 saturated carbocycles. The van der Waals surface area contributed by atoms with Crippen LogP contribution < -0.4 is 5.32 Å². The minimum Gasteiger partial charge on any atom is -0.373 e. The van der Waals surface area contributed by atoms with Gasteiger partial charge in [0.15, 0.2) is 0 Å². The third-order valence-corrected chi connectivity index (χ3v) is 6.88. The van der Waals surface area contributed by atoms with Crippen molar-refractivity contribution in [3.05, 3.63) is 58.4 Å². The summed E-state index contributed by atoms with van der Waals surface area (Å²) in [5.41, 5.74) is 0.852. The highest BCUT2D eigenvalue weighted by Crippen LogP contribution is 2.28. The monoisotopic (exact) mass is 440 g/mol. The van der Waals surface area contributed by atoms with E-state index in [0.29, 0.717) is 0 Å². The van der Waals surface area contributed by atoms with Crippen molar-refractivity contribution in [2.45, 2.75) is 37.9 Å². The fourth-order valence-corrected chi connectivity index (χ4v) is 5.33. The second kappa shape index (κ2) is 8.39. The maximum Gasteiger partial charge on any atom is 0.255 e. The number of carbonyl (C=O) groups excluding carboxylic acids is 1. The Morgan fingerprint density at radius 2 is 1.83 bits per heavy atom. The highest BCUT2D eigenvalue weighted by molar-refractivity contribution is 7.89. The predicted octanol–water partition coefficient (Wildman–Crippen LogP) is 3.84. The van der Waals surface area contributed by atoms with Gasteiger partial charge in [0.2, 0.25) is 10.0 Å². The van der Waals surface area contributed by atoms with Gasteiger partial charge in [-0.1, -0.05) is 17.7 Å². The number of nitrogens with zero attached hydrogens (tertiary/aromatic N) is 1. The molecular weight excluding hydrogens is 419 g/mol. The van der Waals surface area contributed by atoms with Crippen molar-refractivity contribution in [1.82, 2.24) is 4.31 Å². The van der Waals surface area contributed by atoms with Crippen LogP contribution in [-0.4, -0.2) is 43.9 Å². The molecule has 1 saturated heterocycles. The van der Waals surface area contributed by atoms with Gasteiger partial charge in [-0.2, -0.15) is 4.31 Å². The Bertz CT molecular complexity index is 1030. The molecule has 1 heterocycles. The van der Waals surface area contributed by atoms with Gasteiger partial charge in [0, 0.05) is 18.7 Å². The first-order valence-corrected chi connectivity index (χ1v) is 10.9. The van der Waals surface area contributed by atoms with Crippen molar-refractivity contribution < 1.29 is 22.3 Å². The molecule has 2 atom stereocenters. The molecule has 1 fully saturated rings. The summed E-state index contributed by atoms with van der Waals surface area (Å²) in [6, 6.07) is 8.30. The van der Waals surface area contributed by atoms with Crippen molar-refractivity contribution in [3.8, 4) is 0 Å². The second-order valence-electron chi connectivity index (χ2n) is 7.16. The highest BCUT2D eigenvalue weighted by Gasteiger charge is 2.33. The third kappa shape index (κ3) is 4.78. The van der Waals surface area contributed by atoms with E-state index in [1.807, 2.05) is 0 Å². The number of halogens is 2. The lowest BCUT2D eigenvalue weighted by atomic mass is 10.2. The first kappa shape index (κ1) is 21.7. The topological polar surface area (TPSA) is 75.7 Å². The van der Waals surface area contributed by atoms with Crippen molar-refractivity contribution in [1.29, 1.82) is 0 Å². The molecule has 0 spiro atoms.